The highest BCUT2D eigenvalue weighted by Gasteiger charge is 2.41. The normalized spacial score (nSPS) is 15.3. The van der Waals surface area contributed by atoms with Gasteiger partial charge < -0.3 is 4.74 Å². The average molecular weight is 418 g/mol. The van der Waals surface area contributed by atoms with Gasteiger partial charge in [0, 0.05) is 12.4 Å². The number of esters is 1. The summed E-state index contributed by atoms with van der Waals surface area (Å²) in [6, 6.07) is 3.82. The Hall–Kier alpha value is -2.21. The van der Waals surface area contributed by atoms with Crippen LogP contribution in [0.1, 0.15) is 66.9 Å². The number of ether oxygens (including phenoxy) is 1. The third kappa shape index (κ3) is 9.08. The van der Waals surface area contributed by atoms with E-state index in [0.29, 0.717) is 12.3 Å². The Morgan fingerprint density at radius 2 is 1.80 bits per heavy atom. The van der Waals surface area contributed by atoms with Crippen molar-refractivity contribution in [3.05, 3.63) is 36.2 Å². The number of nitrogens with one attached hydrogen (secondary N) is 1. The number of amides is 1. The van der Waals surface area contributed by atoms with Crippen molar-refractivity contribution in [3.63, 3.8) is 0 Å². The first-order valence-corrected chi connectivity index (χ1v) is 10.8. The van der Waals surface area contributed by atoms with Crippen molar-refractivity contribution >= 4 is 18.0 Å². The second kappa shape index (κ2) is 11.8. The molecule has 0 aliphatic rings. The lowest BCUT2D eigenvalue weighted by molar-refractivity contribution is -0.166. The zero-order valence-corrected chi connectivity index (χ0v) is 19.5. The first-order valence-electron chi connectivity index (χ1n) is 10.8. The van der Waals surface area contributed by atoms with Gasteiger partial charge in [-0.1, -0.05) is 45.9 Å². The van der Waals surface area contributed by atoms with Crippen molar-refractivity contribution in [2.45, 2.75) is 66.9 Å². The summed E-state index contributed by atoms with van der Waals surface area (Å²) in [6.07, 6.45) is 8.75. The summed E-state index contributed by atoms with van der Waals surface area (Å²) in [5, 5.41) is 0. The predicted octanol–water partition coefficient (Wildman–Crippen LogP) is 4.37. The summed E-state index contributed by atoms with van der Waals surface area (Å²) in [4.78, 5) is 30.2. The smallest absolute Gasteiger partial charge is 0.310 e. The van der Waals surface area contributed by atoms with Crippen molar-refractivity contribution in [3.8, 4) is 0 Å². The van der Waals surface area contributed by atoms with Crippen LogP contribution in [0.15, 0.2) is 30.6 Å². The van der Waals surface area contributed by atoms with Crippen LogP contribution in [0, 0.1) is 29.6 Å². The fraction of sp³-hybridized carbons (Fsp3) is 0.625. The Morgan fingerprint density at radius 1 is 1.17 bits per heavy atom. The number of allylic oxidation sites excluding steroid dienone is 1. The van der Waals surface area contributed by atoms with E-state index in [1.165, 1.54) is 0 Å². The Kier molecular flexibility index (Phi) is 10.2. The van der Waals surface area contributed by atoms with Gasteiger partial charge in [-0.2, -0.15) is 0 Å². The van der Waals surface area contributed by atoms with E-state index in [0.717, 1.165) is 12.0 Å². The molecule has 0 fully saturated rings. The molecule has 1 unspecified atom stereocenters. The lowest BCUT2D eigenvalue weighted by Crippen LogP contribution is -2.46. The molecule has 1 heterocycles. The summed E-state index contributed by atoms with van der Waals surface area (Å²) in [5.41, 5.74) is 2.57. The molecule has 6 heteroatoms. The number of nitrogens with two attached hydrogens (primary N) is 1. The molecule has 0 radical (unpaired) electrons. The van der Waals surface area contributed by atoms with E-state index < -0.39 is 17.4 Å². The maximum Gasteiger partial charge on any atom is 0.310 e. The first kappa shape index (κ1) is 25.8. The van der Waals surface area contributed by atoms with Crippen LogP contribution in [-0.2, 0) is 14.3 Å². The average Bonchev–Trinajstić information content (AvgIpc) is 2.63. The third-order valence-corrected chi connectivity index (χ3v) is 4.74. The van der Waals surface area contributed by atoms with Crippen LogP contribution in [0.4, 0.5) is 0 Å². The molecular formula is C24H39N3O3. The van der Waals surface area contributed by atoms with Gasteiger partial charge in [0.05, 0.1) is 11.8 Å². The highest BCUT2D eigenvalue weighted by atomic mass is 16.6. The van der Waals surface area contributed by atoms with Gasteiger partial charge in [0.1, 0.15) is 5.60 Å². The molecule has 168 valence electrons. The molecule has 0 aliphatic carbocycles. The zero-order chi connectivity index (χ0) is 22.9. The molecule has 1 amide bonds. The first-order chi connectivity index (χ1) is 13.9. The van der Waals surface area contributed by atoms with Crippen molar-refractivity contribution in [1.82, 2.24) is 10.4 Å². The van der Waals surface area contributed by atoms with Gasteiger partial charge in [-0.3, -0.25) is 20.0 Å². The molecule has 0 saturated carbocycles. The highest BCUT2D eigenvalue weighted by molar-refractivity contribution is 5.85. The number of hydrogen-bond acceptors (Lipinski definition) is 5. The van der Waals surface area contributed by atoms with Gasteiger partial charge in [-0.15, -0.1) is 0 Å². The molecule has 0 aromatic carbocycles. The third-order valence-electron chi connectivity index (χ3n) is 4.74. The Bertz CT molecular complexity index is 693. The Morgan fingerprint density at radius 3 is 2.27 bits per heavy atom. The minimum absolute atomic E-state index is 0.180. The van der Waals surface area contributed by atoms with Crippen LogP contribution in [0.3, 0.4) is 0 Å². The number of hydrazine groups is 1. The van der Waals surface area contributed by atoms with E-state index in [2.05, 4.69) is 24.3 Å². The fourth-order valence-corrected chi connectivity index (χ4v) is 3.64. The number of aromatic nitrogens is 1. The summed E-state index contributed by atoms with van der Waals surface area (Å²) in [5.74, 6) is 3.97. The molecule has 1 aromatic heterocycles. The van der Waals surface area contributed by atoms with Gasteiger partial charge >= 0.3 is 5.97 Å². The van der Waals surface area contributed by atoms with Crippen LogP contribution in [0.5, 0.6) is 0 Å². The number of pyridine rings is 1. The summed E-state index contributed by atoms with van der Waals surface area (Å²) < 4.78 is 5.77. The Balaban J connectivity index is 3.43. The van der Waals surface area contributed by atoms with Crippen LogP contribution >= 0.6 is 0 Å². The maximum absolute atomic E-state index is 13.3. The van der Waals surface area contributed by atoms with Gasteiger partial charge in [-0.05, 0) is 63.0 Å². The lowest BCUT2D eigenvalue weighted by Gasteiger charge is -2.33. The maximum atomic E-state index is 13.3. The Labute approximate surface area is 181 Å². The van der Waals surface area contributed by atoms with Crippen LogP contribution in [-0.4, -0.2) is 22.5 Å². The van der Waals surface area contributed by atoms with Gasteiger partial charge in [-0.25, -0.2) is 5.84 Å². The van der Waals surface area contributed by atoms with Gasteiger partial charge in [0.25, 0.3) is 0 Å². The molecule has 3 atom stereocenters. The van der Waals surface area contributed by atoms with Crippen LogP contribution in [0.2, 0.25) is 0 Å². The second-order valence-electron chi connectivity index (χ2n) is 9.74. The number of carbonyl (C=O) groups excluding carboxylic acids is 2. The van der Waals surface area contributed by atoms with Crippen molar-refractivity contribution in [1.29, 1.82) is 0 Å². The number of rotatable bonds is 10. The standard InChI is InChI=1S/C24H39N3O3/c1-16(2)13-19(11-10-18-9-8-12-26-15-18)21(23(29)30-24(5,6)7)20(14-17(3)4)22(28)27-25/h8-12,15-17,19-21H,13-14,25H2,1-7H3,(H,27,28)/b11-10+/t19?,20-,21+/m1/s1. The topological polar surface area (TPSA) is 94.3 Å². The van der Waals surface area contributed by atoms with Gasteiger partial charge in [0.15, 0.2) is 0 Å². The van der Waals surface area contributed by atoms with Crippen molar-refractivity contribution < 1.29 is 14.3 Å². The van der Waals surface area contributed by atoms with Crippen LogP contribution in [0.25, 0.3) is 6.08 Å². The lowest BCUT2D eigenvalue weighted by atomic mass is 9.74. The molecule has 0 bridgehead atoms. The number of hydrogen-bond donors (Lipinski definition) is 2. The summed E-state index contributed by atoms with van der Waals surface area (Å²) in [6.45, 7) is 13.8. The monoisotopic (exact) mass is 417 g/mol. The molecule has 1 rings (SSSR count). The fourth-order valence-electron chi connectivity index (χ4n) is 3.64. The predicted molar refractivity (Wildman–Crippen MR) is 121 cm³/mol. The van der Waals surface area contributed by atoms with E-state index in [-0.39, 0.29) is 23.7 Å². The van der Waals surface area contributed by atoms with E-state index >= 15 is 0 Å². The molecule has 0 saturated heterocycles. The number of nitrogens with zero attached hydrogens (tertiary/aromatic N) is 1. The summed E-state index contributed by atoms with van der Waals surface area (Å²) in [7, 11) is 0. The minimum Gasteiger partial charge on any atom is -0.460 e. The molecule has 3 N–H and O–H groups in total. The molecular weight excluding hydrogens is 378 g/mol. The zero-order valence-electron chi connectivity index (χ0n) is 19.5. The molecule has 0 aliphatic heterocycles. The van der Waals surface area contributed by atoms with Crippen molar-refractivity contribution in [2.75, 3.05) is 0 Å². The quantitative estimate of drug-likeness (QED) is 0.255. The van der Waals surface area contributed by atoms with Crippen molar-refractivity contribution in [2.24, 2.45) is 35.4 Å². The SMILES string of the molecule is CC(C)CC(/C=C/c1cccnc1)[C@H](C(=O)OC(C)(C)C)[C@@H](CC(C)C)C(=O)NN. The van der Waals surface area contributed by atoms with E-state index in [1.54, 1.807) is 12.4 Å². The van der Waals surface area contributed by atoms with Crippen LogP contribution < -0.4 is 11.3 Å². The highest BCUT2D eigenvalue weighted by Crippen LogP contribution is 2.35. The van der Waals surface area contributed by atoms with Gasteiger partial charge in [0.2, 0.25) is 5.91 Å². The molecule has 0 spiro atoms. The molecule has 1 aromatic rings. The molecule has 30 heavy (non-hydrogen) atoms. The van der Waals surface area contributed by atoms with E-state index in [4.69, 9.17) is 10.6 Å². The summed E-state index contributed by atoms with van der Waals surface area (Å²) >= 11 is 0. The van der Waals surface area contributed by atoms with E-state index in [1.807, 2.05) is 58.9 Å². The largest absolute Gasteiger partial charge is 0.460 e. The minimum atomic E-state index is -0.646. The second-order valence-corrected chi connectivity index (χ2v) is 9.74. The van der Waals surface area contributed by atoms with E-state index in [9.17, 15) is 9.59 Å². The number of carbonyl (C=O) groups is 2. The molecule has 6 nitrogen and oxygen atoms in total.